The third-order valence-corrected chi connectivity index (χ3v) is 5.52. The van der Waals surface area contributed by atoms with E-state index in [1.54, 1.807) is 24.4 Å². The number of carbonyl (C=O) groups excluding carboxylic acids is 1. The zero-order valence-electron chi connectivity index (χ0n) is 19.7. The summed E-state index contributed by atoms with van der Waals surface area (Å²) in [5.41, 5.74) is 1.97. The lowest BCUT2D eigenvalue weighted by Gasteiger charge is -2.39. The number of ether oxygens (including phenoxy) is 2. The topological polar surface area (TPSA) is 114 Å². The smallest absolute Gasteiger partial charge is 0.223 e. The molecule has 1 atom stereocenters. The second kappa shape index (κ2) is 9.86. The number of nitrogens with one attached hydrogen (secondary N) is 3. The van der Waals surface area contributed by atoms with Crippen molar-refractivity contribution in [1.29, 1.82) is 0 Å². The Labute approximate surface area is 197 Å². The molecule has 34 heavy (non-hydrogen) atoms. The number of carbonyl (C=O) groups is 1. The number of nitrogens with zero attached hydrogens (tertiary/aromatic N) is 3. The minimum absolute atomic E-state index is 0.152. The van der Waals surface area contributed by atoms with Gasteiger partial charge in [-0.15, -0.1) is 0 Å². The van der Waals surface area contributed by atoms with Crippen LogP contribution in [0.1, 0.15) is 39.6 Å². The molecule has 180 valence electrons. The molecule has 0 aliphatic carbocycles. The van der Waals surface area contributed by atoms with Crippen molar-refractivity contribution in [2.24, 2.45) is 5.41 Å². The van der Waals surface area contributed by atoms with Crippen LogP contribution in [0.3, 0.4) is 0 Å². The summed E-state index contributed by atoms with van der Waals surface area (Å²) in [6, 6.07) is 7.50. The van der Waals surface area contributed by atoms with Gasteiger partial charge in [0, 0.05) is 30.1 Å². The lowest BCUT2D eigenvalue weighted by Crippen LogP contribution is -2.47. The molecule has 10 heteroatoms. The lowest BCUT2D eigenvalue weighted by molar-refractivity contribution is -0.170. The van der Waals surface area contributed by atoms with E-state index in [2.05, 4.69) is 25.6 Å². The fourth-order valence-corrected chi connectivity index (χ4v) is 3.95. The van der Waals surface area contributed by atoms with Crippen LogP contribution < -0.4 is 10.6 Å². The average molecular weight is 469 g/mol. The number of hydrogen-bond donors (Lipinski definition) is 3. The van der Waals surface area contributed by atoms with Gasteiger partial charge in [-0.3, -0.25) is 4.79 Å². The highest BCUT2D eigenvalue weighted by Gasteiger charge is 2.41. The molecule has 9 nitrogen and oxygen atoms in total. The van der Waals surface area contributed by atoms with E-state index in [1.165, 1.54) is 19.1 Å². The summed E-state index contributed by atoms with van der Waals surface area (Å²) in [7, 11) is 0. The van der Waals surface area contributed by atoms with E-state index in [4.69, 9.17) is 14.5 Å². The van der Waals surface area contributed by atoms with E-state index in [9.17, 15) is 9.18 Å². The van der Waals surface area contributed by atoms with Crippen LogP contribution in [0.5, 0.6) is 0 Å². The van der Waals surface area contributed by atoms with Crippen molar-refractivity contribution < 1.29 is 18.7 Å². The van der Waals surface area contributed by atoms with Gasteiger partial charge in [0.1, 0.15) is 18.4 Å². The van der Waals surface area contributed by atoms with Gasteiger partial charge in [-0.25, -0.2) is 19.3 Å². The summed E-state index contributed by atoms with van der Waals surface area (Å²) in [5, 5.41) is 6.20. The van der Waals surface area contributed by atoms with E-state index in [-0.39, 0.29) is 24.6 Å². The minimum Gasteiger partial charge on any atom is -0.355 e. The summed E-state index contributed by atoms with van der Waals surface area (Å²) >= 11 is 0. The van der Waals surface area contributed by atoms with Crippen LogP contribution in [0.2, 0.25) is 0 Å². The van der Waals surface area contributed by atoms with Crippen LogP contribution in [-0.4, -0.2) is 51.9 Å². The highest BCUT2D eigenvalue weighted by atomic mass is 19.1. The molecule has 1 fully saturated rings. The highest BCUT2D eigenvalue weighted by Crippen LogP contribution is 2.38. The molecule has 3 N–H and O–H groups in total. The van der Waals surface area contributed by atoms with Crippen molar-refractivity contribution in [1.82, 2.24) is 25.3 Å². The molecular formula is C24H29FN6O3. The molecule has 3 aromatic rings. The predicted molar refractivity (Wildman–Crippen MR) is 125 cm³/mol. The van der Waals surface area contributed by atoms with E-state index in [0.717, 1.165) is 0 Å². The summed E-state index contributed by atoms with van der Waals surface area (Å²) in [6.07, 6.45) is 1.66. The molecule has 0 saturated carbocycles. The van der Waals surface area contributed by atoms with Crippen molar-refractivity contribution in [3.63, 3.8) is 0 Å². The largest absolute Gasteiger partial charge is 0.355 e. The molecule has 3 heterocycles. The van der Waals surface area contributed by atoms with Crippen molar-refractivity contribution in [2.75, 3.05) is 25.3 Å². The van der Waals surface area contributed by atoms with Gasteiger partial charge < -0.3 is 25.1 Å². The van der Waals surface area contributed by atoms with Crippen LogP contribution >= 0.6 is 0 Å². The molecule has 0 bridgehead atoms. The Bertz CT molecular complexity index is 1140. The molecule has 0 radical (unpaired) electrons. The van der Waals surface area contributed by atoms with Gasteiger partial charge in [0.25, 0.3) is 0 Å². The first-order chi connectivity index (χ1) is 16.2. The lowest BCUT2D eigenvalue weighted by atomic mass is 9.82. The number of hydrogen-bond acceptors (Lipinski definition) is 7. The number of halogens is 1. The fourth-order valence-electron chi connectivity index (χ4n) is 3.95. The van der Waals surface area contributed by atoms with Gasteiger partial charge in [-0.1, -0.05) is 6.92 Å². The molecule has 1 amide bonds. The van der Waals surface area contributed by atoms with E-state index in [1.807, 2.05) is 20.8 Å². The molecule has 4 rings (SSSR count). The van der Waals surface area contributed by atoms with Gasteiger partial charge in [0.15, 0.2) is 0 Å². The summed E-state index contributed by atoms with van der Waals surface area (Å²) < 4.78 is 24.7. The fraction of sp³-hybridized carbons (Fsp3) is 0.417. The van der Waals surface area contributed by atoms with Gasteiger partial charge in [0.05, 0.1) is 36.3 Å². The molecule has 0 spiro atoms. The van der Waals surface area contributed by atoms with Crippen molar-refractivity contribution in [3.8, 4) is 22.6 Å². The third kappa shape index (κ3) is 5.23. The molecule has 1 aliphatic rings. The Morgan fingerprint density at radius 1 is 1.15 bits per heavy atom. The van der Waals surface area contributed by atoms with E-state index < -0.39 is 11.5 Å². The van der Waals surface area contributed by atoms with Crippen molar-refractivity contribution in [3.05, 3.63) is 48.2 Å². The molecular weight excluding hydrogens is 439 g/mol. The van der Waals surface area contributed by atoms with Crippen LogP contribution in [0.15, 0.2) is 36.5 Å². The highest BCUT2D eigenvalue weighted by molar-refractivity contribution is 5.77. The molecule has 1 unspecified atom stereocenters. The van der Waals surface area contributed by atoms with Crippen LogP contribution in [0.4, 0.5) is 10.3 Å². The van der Waals surface area contributed by atoms with Crippen LogP contribution in [0, 0.1) is 11.2 Å². The Kier molecular flexibility index (Phi) is 6.90. The maximum atomic E-state index is 13.6. The van der Waals surface area contributed by atoms with Gasteiger partial charge in [-0.2, -0.15) is 0 Å². The summed E-state index contributed by atoms with van der Waals surface area (Å²) in [4.78, 5) is 29.3. The van der Waals surface area contributed by atoms with E-state index >= 15 is 0 Å². The Hall–Kier alpha value is -3.37. The van der Waals surface area contributed by atoms with Gasteiger partial charge in [0.2, 0.25) is 11.9 Å². The summed E-state index contributed by atoms with van der Waals surface area (Å²) in [6.45, 7) is 8.41. The number of aromatic nitrogens is 4. The minimum atomic E-state index is -0.560. The van der Waals surface area contributed by atoms with E-state index in [0.29, 0.717) is 47.6 Å². The quantitative estimate of drug-likeness (QED) is 0.485. The second-order valence-electron chi connectivity index (χ2n) is 9.02. The Morgan fingerprint density at radius 2 is 1.85 bits per heavy atom. The molecule has 1 saturated heterocycles. The number of amides is 1. The van der Waals surface area contributed by atoms with Crippen LogP contribution in [0.25, 0.3) is 22.6 Å². The average Bonchev–Trinajstić information content (AvgIpc) is 3.23. The predicted octanol–water partition coefficient (Wildman–Crippen LogP) is 3.68. The Balaban J connectivity index is 1.84. The van der Waals surface area contributed by atoms with Crippen molar-refractivity contribution >= 4 is 11.9 Å². The molecule has 2 aromatic heterocycles. The number of benzene rings is 1. The van der Waals surface area contributed by atoms with Crippen molar-refractivity contribution in [2.45, 2.75) is 39.8 Å². The summed E-state index contributed by atoms with van der Waals surface area (Å²) in [5.74, 6) is 0.460. The zero-order valence-corrected chi connectivity index (χ0v) is 19.7. The number of aromatic amines is 1. The maximum absolute atomic E-state index is 13.6. The number of imidazole rings is 1. The SMILES string of the molecule is CC(=O)NC(c1nc(-c2ccc(F)cc2)c(-c2ccnc(NC(C)C)n2)[nH]1)C1(C)COCOC1. The number of anilines is 1. The monoisotopic (exact) mass is 468 g/mol. The Morgan fingerprint density at radius 3 is 2.50 bits per heavy atom. The first kappa shape index (κ1) is 23.8. The third-order valence-electron chi connectivity index (χ3n) is 5.52. The van der Waals surface area contributed by atoms with Crippen LogP contribution in [-0.2, 0) is 14.3 Å². The first-order valence-corrected chi connectivity index (χ1v) is 11.1. The molecule has 1 aliphatic heterocycles. The second-order valence-corrected chi connectivity index (χ2v) is 9.02. The number of rotatable bonds is 7. The van der Waals surface area contributed by atoms with Gasteiger partial charge in [-0.05, 0) is 44.2 Å². The normalized spacial score (nSPS) is 16.3. The maximum Gasteiger partial charge on any atom is 0.223 e. The first-order valence-electron chi connectivity index (χ1n) is 11.1. The van der Waals surface area contributed by atoms with Gasteiger partial charge >= 0.3 is 0 Å². The zero-order chi connectivity index (χ0) is 24.3. The number of H-pyrrole nitrogens is 1. The molecule has 1 aromatic carbocycles. The standard InChI is InChI=1S/C24H29FN6O3/c1-14(2)27-23-26-10-9-18(29-23)20-19(16-5-7-17(25)8-6-16)30-22(31-20)21(28-15(3)32)24(4)11-33-13-34-12-24/h5-10,14,21H,11-13H2,1-4H3,(H,28,32)(H,30,31)(H,26,27,29).